The molecule has 0 atom stereocenters. The largest absolute Gasteiger partial charge is 0.467 e. The predicted molar refractivity (Wildman–Crippen MR) is 93.5 cm³/mol. The highest BCUT2D eigenvalue weighted by atomic mass is 35.5. The van der Waals surface area contributed by atoms with Gasteiger partial charge in [0.2, 0.25) is 0 Å². The summed E-state index contributed by atoms with van der Waals surface area (Å²) < 4.78 is 12.2. The SMILES string of the molecule is O=c1c2cc([N+](=O)[O-])ccc2ncn1Cc1cc(Cl)cc2c1OCOC2. The highest BCUT2D eigenvalue weighted by Crippen LogP contribution is 2.32. The lowest BCUT2D eigenvalue weighted by molar-refractivity contribution is -0.384. The summed E-state index contributed by atoms with van der Waals surface area (Å²) in [5, 5.41) is 11.7. The highest BCUT2D eigenvalue weighted by molar-refractivity contribution is 6.30. The third kappa shape index (κ3) is 2.89. The molecule has 4 rings (SSSR count). The molecule has 1 aliphatic rings. The summed E-state index contributed by atoms with van der Waals surface area (Å²) in [4.78, 5) is 27.4. The molecule has 0 radical (unpaired) electrons. The van der Waals surface area contributed by atoms with Gasteiger partial charge in [-0.2, -0.15) is 0 Å². The molecule has 0 saturated carbocycles. The van der Waals surface area contributed by atoms with Gasteiger partial charge in [-0.15, -0.1) is 0 Å². The molecule has 2 heterocycles. The van der Waals surface area contributed by atoms with E-state index in [2.05, 4.69) is 4.98 Å². The Morgan fingerprint density at radius 2 is 2.15 bits per heavy atom. The maximum Gasteiger partial charge on any atom is 0.270 e. The van der Waals surface area contributed by atoms with Crippen molar-refractivity contribution in [2.75, 3.05) is 6.79 Å². The molecule has 3 aromatic rings. The molecule has 0 spiro atoms. The van der Waals surface area contributed by atoms with Crippen LogP contribution in [0.15, 0.2) is 41.5 Å². The molecule has 0 unspecified atom stereocenters. The second-order valence-electron chi connectivity index (χ2n) is 5.80. The molecule has 0 amide bonds. The molecular formula is C17H12ClN3O5. The Morgan fingerprint density at radius 3 is 2.96 bits per heavy atom. The van der Waals surface area contributed by atoms with E-state index in [1.165, 1.54) is 29.1 Å². The van der Waals surface area contributed by atoms with Crippen molar-refractivity contribution < 1.29 is 14.4 Å². The Labute approximate surface area is 151 Å². The fraction of sp³-hybridized carbons (Fsp3) is 0.176. The summed E-state index contributed by atoms with van der Waals surface area (Å²) >= 11 is 6.15. The van der Waals surface area contributed by atoms with E-state index >= 15 is 0 Å². The van der Waals surface area contributed by atoms with Crippen molar-refractivity contribution in [2.24, 2.45) is 0 Å². The van der Waals surface area contributed by atoms with Gasteiger partial charge in [-0.05, 0) is 18.2 Å². The van der Waals surface area contributed by atoms with Crippen LogP contribution in [0.2, 0.25) is 5.02 Å². The Balaban J connectivity index is 1.81. The van der Waals surface area contributed by atoms with Gasteiger partial charge in [0.25, 0.3) is 11.2 Å². The van der Waals surface area contributed by atoms with Gasteiger partial charge in [0.15, 0.2) is 6.79 Å². The van der Waals surface area contributed by atoms with E-state index in [1.807, 2.05) is 0 Å². The molecule has 0 N–H and O–H groups in total. The molecule has 9 heteroatoms. The van der Waals surface area contributed by atoms with Crippen LogP contribution in [0.25, 0.3) is 10.9 Å². The zero-order valence-corrected chi connectivity index (χ0v) is 14.1. The number of rotatable bonds is 3. The average Bonchev–Trinajstić information content (AvgIpc) is 2.63. The van der Waals surface area contributed by atoms with Crippen LogP contribution in [0.4, 0.5) is 5.69 Å². The smallest absolute Gasteiger partial charge is 0.270 e. The first-order valence-corrected chi connectivity index (χ1v) is 8.06. The maximum absolute atomic E-state index is 12.8. The number of benzene rings is 2. The third-order valence-corrected chi connectivity index (χ3v) is 4.33. The van der Waals surface area contributed by atoms with Crippen LogP contribution in [-0.4, -0.2) is 21.3 Å². The first kappa shape index (κ1) is 16.5. The molecule has 1 aliphatic heterocycles. The van der Waals surface area contributed by atoms with Crippen molar-refractivity contribution in [2.45, 2.75) is 13.2 Å². The lowest BCUT2D eigenvalue weighted by Gasteiger charge is -2.21. The van der Waals surface area contributed by atoms with Crippen molar-refractivity contribution in [3.8, 4) is 5.75 Å². The number of hydrogen-bond donors (Lipinski definition) is 0. The zero-order chi connectivity index (χ0) is 18.3. The van der Waals surface area contributed by atoms with E-state index in [-0.39, 0.29) is 30.0 Å². The van der Waals surface area contributed by atoms with E-state index in [4.69, 9.17) is 21.1 Å². The van der Waals surface area contributed by atoms with E-state index < -0.39 is 4.92 Å². The molecule has 0 fully saturated rings. The second-order valence-corrected chi connectivity index (χ2v) is 6.24. The van der Waals surface area contributed by atoms with E-state index in [0.29, 0.717) is 28.5 Å². The van der Waals surface area contributed by atoms with E-state index in [1.54, 1.807) is 12.1 Å². The monoisotopic (exact) mass is 373 g/mol. The second kappa shape index (κ2) is 6.40. The molecule has 2 aromatic carbocycles. The van der Waals surface area contributed by atoms with Gasteiger partial charge in [0.05, 0.1) is 35.3 Å². The first-order valence-electron chi connectivity index (χ1n) is 7.68. The minimum Gasteiger partial charge on any atom is -0.467 e. The summed E-state index contributed by atoms with van der Waals surface area (Å²) in [6, 6.07) is 7.49. The van der Waals surface area contributed by atoms with Crippen LogP contribution in [0.1, 0.15) is 11.1 Å². The number of nitrogens with zero attached hydrogens (tertiary/aromatic N) is 3. The average molecular weight is 374 g/mol. The molecule has 132 valence electrons. The van der Waals surface area contributed by atoms with Crippen molar-refractivity contribution in [1.29, 1.82) is 0 Å². The van der Waals surface area contributed by atoms with Crippen LogP contribution >= 0.6 is 11.6 Å². The normalized spacial score (nSPS) is 13.3. The molecule has 26 heavy (non-hydrogen) atoms. The fourth-order valence-electron chi connectivity index (χ4n) is 2.93. The highest BCUT2D eigenvalue weighted by Gasteiger charge is 2.18. The fourth-order valence-corrected chi connectivity index (χ4v) is 3.19. The number of non-ortho nitro benzene ring substituents is 1. The van der Waals surface area contributed by atoms with Crippen molar-refractivity contribution >= 4 is 28.2 Å². The number of aromatic nitrogens is 2. The van der Waals surface area contributed by atoms with Crippen molar-refractivity contribution in [3.63, 3.8) is 0 Å². The minimum atomic E-state index is -0.544. The van der Waals surface area contributed by atoms with Gasteiger partial charge >= 0.3 is 0 Å². The lowest BCUT2D eigenvalue weighted by Crippen LogP contribution is -2.22. The Morgan fingerprint density at radius 1 is 1.31 bits per heavy atom. The van der Waals surface area contributed by atoms with Crippen LogP contribution in [-0.2, 0) is 17.9 Å². The van der Waals surface area contributed by atoms with Crippen LogP contribution in [0.3, 0.4) is 0 Å². The van der Waals surface area contributed by atoms with Crippen molar-refractivity contribution in [3.05, 3.63) is 73.3 Å². The Hall–Kier alpha value is -2.97. The molecule has 8 nitrogen and oxygen atoms in total. The summed E-state index contributed by atoms with van der Waals surface area (Å²) in [7, 11) is 0. The number of nitro benzene ring substituents is 1. The number of nitro groups is 1. The molecular weight excluding hydrogens is 362 g/mol. The van der Waals surface area contributed by atoms with Crippen LogP contribution in [0, 0.1) is 10.1 Å². The lowest BCUT2D eigenvalue weighted by atomic mass is 10.1. The maximum atomic E-state index is 12.8. The van der Waals surface area contributed by atoms with Crippen molar-refractivity contribution in [1.82, 2.24) is 9.55 Å². The van der Waals surface area contributed by atoms with Gasteiger partial charge in [-0.25, -0.2) is 4.98 Å². The summed E-state index contributed by atoms with van der Waals surface area (Å²) in [6.07, 6.45) is 1.41. The number of ether oxygens (including phenoxy) is 2. The summed E-state index contributed by atoms with van der Waals surface area (Å²) in [5.74, 6) is 0.631. The molecule has 0 bridgehead atoms. The Bertz CT molecular complexity index is 1100. The van der Waals surface area contributed by atoms with Gasteiger partial charge < -0.3 is 9.47 Å². The van der Waals surface area contributed by atoms with E-state index in [9.17, 15) is 14.9 Å². The van der Waals surface area contributed by atoms with Crippen LogP contribution in [0.5, 0.6) is 5.75 Å². The number of fused-ring (bicyclic) bond motifs is 2. The molecule has 0 saturated heterocycles. The zero-order valence-electron chi connectivity index (χ0n) is 13.3. The minimum absolute atomic E-state index is 0.124. The van der Waals surface area contributed by atoms with Gasteiger partial charge in [0.1, 0.15) is 5.75 Å². The topological polar surface area (TPSA) is 96.5 Å². The number of hydrogen-bond acceptors (Lipinski definition) is 6. The summed E-state index contributed by atoms with van der Waals surface area (Å²) in [6.45, 7) is 0.673. The first-order chi connectivity index (χ1) is 12.5. The van der Waals surface area contributed by atoms with Gasteiger partial charge in [-0.3, -0.25) is 19.5 Å². The van der Waals surface area contributed by atoms with Gasteiger partial charge in [0, 0.05) is 28.3 Å². The quantitative estimate of drug-likeness (QED) is 0.517. The van der Waals surface area contributed by atoms with Crippen LogP contribution < -0.4 is 10.3 Å². The molecule has 1 aromatic heterocycles. The standard InChI is InChI=1S/C17H12ClN3O5/c18-12-3-10(16-11(4-12)7-25-9-26-16)6-20-8-19-15-2-1-13(21(23)24)5-14(15)17(20)22/h1-5,8H,6-7,9H2. The predicted octanol–water partition coefficient (Wildman–Crippen LogP) is 2.87. The number of halogens is 1. The van der Waals surface area contributed by atoms with E-state index in [0.717, 1.165) is 5.56 Å². The summed E-state index contributed by atoms with van der Waals surface area (Å²) in [5.41, 5.74) is 1.38. The van der Waals surface area contributed by atoms with Gasteiger partial charge in [-0.1, -0.05) is 11.6 Å². The third-order valence-electron chi connectivity index (χ3n) is 4.11. The Kier molecular flexibility index (Phi) is 4.06. The molecule has 0 aliphatic carbocycles.